The topological polar surface area (TPSA) is 70.1 Å². The highest BCUT2D eigenvalue weighted by atomic mass is 32.2. The second-order valence-electron chi connectivity index (χ2n) is 10.2. The van der Waals surface area contributed by atoms with E-state index in [0.29, 0.717) is 24.4 Å². The van der Waals surface area contributed by atoms with Gasteiger partial charge in [-0.05, 0) is 69.0 Å². The van der Waals surface area contributed by atoms with Crippen molar-refractivity contribution in [3.8, 4) is 5.75 Å². The fourth-order valence-electron chi connectivity index (χ4n) is 5.03. The average Bonchev–Trinajstić information content (AvgIpc) is 2.87. The first-order valence-electron chi connectivity index (χ1n) is 12.8. The first-order valence-corrected chi connectivity index (χ1v) is 14.2. The molecule has 3 atom stereocenters. The second-order valence-corrected chi connectivity index (χ2v) is 12.0. The van der Waals surface area contributed by atoms with Crippen molar-refractivity contribution in [3.63, 3.8) is 0 Å². The van der Waals surface area contributed by atoms with Gasteiger partial charge in [0.15, 0.2) is 0 Å². The third-order valence-corrected chi connectivity index (χ3v) is 9.24. The number of rotatable bonds is 7. The number of allylic oxidation sites excluding steroid dienone is 2. The number of hydrogen-bond donors (Lipinski definition) is 1. The van der Waals surface area contributed by atoms with E-state index in [-0.39, 0.29) is 35.9 Å². The van der Waals surface area contributed by atoms with Gasteiger partial charge >= 0.3 is 0 Å². The van der Waals surface area contributed by atoms with Gasteiger partial charge in [-0.1, -0.05) is 37.3 Å². The fraction of sp³-hybridized carbons (Fsp3) is 0.500. The van der Waals surface area contributed by atoms with Gasteiger partial charge in [0, 0.05) is 37.2 Å². The maximum atomic E-state index is 14.2. The summed E-state index contributed by atoms with van der Waals surface area (Å²) in [4.78, 5) is 2.12. The summed E-state index contributed by atoms with van der Waals surface area (Å²) >= 11 is 0. The van der Waals surface area contributed by atoms with Crippen LogP contribution in [-0.2, 0) is 16.6 Å². The normalized spacial score (nSPS) is 23.2. The van der Waals surface area contributed by atoms with Crippen molar-refractivity contribution in [1.29, 1.82) is 0 Å². The number of benzene rings is 2. The van der Waals surface area contributed by atoms with Crippen molar-refractivity contribution in [2.75, 3.05) is 26.7 Å². The van der Waals surface area contributed by atoms with E-state index in [1.54, 1.807) is 25.1 Å². The summed E-state index contributed by atoms with van der Waals surface area (Å²) in [5.74, 6) is -0.0757. The first-order chi connectivity index (χ1) is 17.2. The van der Waals surface area contributed by atoms with Crippen LogP contribution in [0.3, 0.4) is 0 Å². The van der Waals surface area contributed by atoms with E-state index in [9.17, 15) is 17.9 Å². The largest absolute Gasteiger partial charge is 0.487 e. The second kappa shape index (κ2) is 11.4. The number of aliphatic hydroxyl groups excluding tert-OH is 1. The first kappa shape index (κ1) is 26.8. The van der Waals surface area contributed by atoms with Gasteiger partial charge in [0.2, 0.25) is 10.0 Å². The summed E-state index contributed by atoms with van der Waals surface area (Å²) in [6.45, 7) is 4.52. The third-order valence-electron chi connectivity index (χ3n) is 7.22. The predicted molar refractivity (Wildman–Crippen MR) is 140 cm³/mol. The van der Waals surface area contributed by atoms with E-state index in [2.05, 4.69) is 6.08 Å². The molecule has 0 saturated heterocycles. The molecule has 0 bridgehead atoms. The van der Waals surface area contributed by atoms with Gasteiger partial charge in [-0.15, -0.1) is 0 Å². The summed E-state index contributed by atoms with van der Waals surface area (Å²) in [6, 6.07) is 11.5. The Balaban J connectivity index is 1.69. The molecule has 36 heavy (non-hydrogen) atoms. The van der Waals surface area contributed by atoms with Crippen molar-refractivity contribution in [2.24, 2.45) is 5.92 Å². The van der Waals surface area contributed by atoms with E-state index in [1.165, 1.54) is 22.4 Å². The van der Waals surface area contributed by atoms with Crippen LogP contribution >= 0.6 is 0 Å². The molecule has 1 N–H and O–H groups in total. The minimum absolute atomic E-state index is 0.122. The molecule has 2 aromatic rings. The standard InChI is InChI=1S/C28H37FN2O4S/c1-20-16-31(21(2)19-32)36(33,34)28-14-13-23(22-9-5-4-6-10-22)15-26(28)35-27(20)18-30(3)17-24-11-7-8-12-25(24)29/h7-9,11-15,20-21,27,32H,4-6,10,16-19H2,1-3H3/t20-,21-,27-/m0/s1. The van der Waals surface area contributed by atoms with Crippen LogP contribution in [0.1, 0.15) is 50.7 Å². The van der Waals surface area contributed by atoms with Crippen LogP contribution in [0.2, 0.25) is 0 Å². The number of aliphatic hydroxyl groups is 1. The Morgan fingerprint density at radius 2 is 2.00 bits per heavy atom. The zero-order chi connectivity index (χ0) is 25.9. The highest BCUT2D eigenvalue weighted by molar-refractivity contribution is 7.89. The van der Waals surface area contributed by atoms with Gasteiger partial charge < -0.3 is 9.84 Å². The average molecular weight is 517 g/mol. The Labute approximate surface area is 214 Å². The summed E-state index contributed by atoms with van der Waals surface area (Å²) in [6.07, 6.45) is 6.16. The maximum absolute atomic E-state index is 14.2. The van der Waals surface area contributed by atoms with E-state index in [1.807, 2.05) is 37.1 Å². The Bertz CT molecular complexity index is 1200. The number of sulfonamides is 1. The zero-order valence-electron chi connectivity index (χ0n) is 21.4. The van der Waals surface area contributed by atoms with Gasteiger partial charge in [0.25, 0.3) is 0 Å². The molecule has 6 nitrogen and oxygen atoms in total. The molecule has 0 unspecified atom stereocenters. The molecule has 4 rings (SSSR count). The molecule has 0 aromatic heterocycles. The van der Waals surface area contributed by atoms with Crippen molar-refractivity contribution < 1.29 is 22.7 Å². The maximum Gasteiger partial charge on any atom is 0.247 e. The molecule has 1 heterocycles. The lowest BCUT2D eigenvalue weighted by Crippen LogP contribution is -2.49. The molecule has 0 radical (unpaired) electrons. The molecule has 2 aromatic carbocycles. The van der Waals surface area contributed by atoms with Crippen LogP contribution in [0, 0.1) is 11.7 Å². The Kier molecular flexibility index (Phi) is 8.50. The van der Waals surface area contributed by atoms with Crippen molar-refractivity contribution in [3.05, 3.63) is 65.5 Å². The van der Waals surface area contributed by atoms with Crippen molar-refractivity contribution in [1.82, 2.24) is 9.21 Å². The SMILES string of the molecule is C[C@H]1CN([C@@H](C)CO)S(=O)(=O)c2ccc(C3=CCCCC3)cc2O[C@H]1CN(C)Cc1ccccc1F. The highest BCUT2D eigenvalue weighted by Crippen LogP contribution is 2.37. The number of halogens is 1. The molecule has 8 heteroatoms. The van der Waals surface area contributed by atoms with Gasteiger partial charge in [0.1, 0.15) is 22.6 Å². The number of hydrogen-bond acceptors (Lipinski definition) is 5. The van der Waals surface area contributed by atoms with E-state index < -0.39 is 16.1 Å². The van der Waals surface area contributed by atoms with E-state index >= 15 is 0 Å². The number of fused-ring (bicyclic) bond motifs is 1. The molecular formula is C28H37FN2O4S. The minimum atomic E-state index is -3.87. The molecule has 0 amide bonds. The lowest BCUT2D eigenvalue weighted by Gasteiger charge is -2.37. The van der Waals surface area contributed by atoms with E-state index in [4.69, 9.17) is 4.74 Å². The van der Waals surface area contributed by atoms with Crippen molar-refractivity contribution in [2.45, 2.75) is 63.1 Å². The summed E-state index contributed by atoms with van der Waals surface area (Å²) < 4.78 is 49.5. The molecule has 2 aliphatic rings. The third kappa shape index (κ3) is 5.83. The lowest BCUT2D eigenvalue weighted by molar-refractivity contribution is 0.0730. The van der Waals surface area contributed by atoms with Crippen LogP contribution in [0.5, 0.6) is 5.75 Å². The molecule has 0 saturated carbocycles. The molecular weight excluding hydrogens is 479 g/mol. The monoisotopic (exact) mass is 516 g/mol. The van der Waals surface area contributed by atoms with Gasteiger partial charge in [-0.3, -0.25) is 4.90 Å². The van der Waals surface area contributed by atoms with E-state index in [0.717, 1.165) is 24.8 Å². The van der Waals surface area contributed by atoms with Crippen LogP contribution < -0.4 is 4.74 Å². The smallest absolute Gasteiger partial charge is 0.247 e. The molecule has 1 aliphatic carbocycles. The summed E-state index contributed by atoms with van der Waals surface area (Å²) in [7, 11) is -1.96. The molecule has 196 valence electrons. The predicted octanol–water partition coefficient (Wildman–Crippen LogP) is 4.68. The van der Waals surface area contributed by atoms with Gasteiger partial charge in [0.05, 0.1) is 6.61 Å². The Morgan fingerprint density at radius 1 is 1.22 bits per heavy atom. The van der Waals surface area contributed by atoms with Crippen molar-refractivity contribution >= 4 is 15.6 Å². The van der Waals surface area contributed by atoms with Crippen LogP contribution in [0.4, 0.5) is 4.39 Å². The number of likely N-dealkylation sites (N-methyl/N-ethyl adjacent to an activating group) is 1. The van der Waals surface area contributed by atoms with Crippen LogP contribution in [0.25, 0.3) is 5.57 Å². The molecule has 0 spiro atoms. The zero-order valence-corrected chi connectivity index (χ0v) is 22.2. The Morgan fingerprint density at radius 3 is 2.69 bits per heavy atom. The Hall–Kier alpha value is -2.26. The minimum Gasteiger partial charge on any atom is -0.487 e. The van der Waals surface area contributed by atoms with Crippen LogP contribution in [-0.4, -0.2) is 61.6 Å². The number of ether oxygens (including phenoxy) is 1. The fourth-order valence-corrected chi connectivity index (χ4v) is 6.86. The highest BCUT2D eigenvalue weighted by Gasteiger charge is 2.38. The quantitative estimate of drug-likeness (QED) is 0.579. The summed E-state index contributed by atoms with van der Waals surface area (Å²) in [5.41, 5.74) is 2.80. The van der Waals surface area contributed by atoms with Crippen LogP contribution in [0.15, 0.2) is 53.4 Å². The lowest BCUT2D eigenvalue weighted by atomic mass is 9.93. The molecule has 0 fully saturated rings. The van der Waals surface area contributed by atoms with Gasteiger partial charge in [-0.25, -0.2) is 12.8 Å². The summed E-state index contributed by atoms with van der Waals surface area (Å²) in [5, 5.41) is 9.84. The molecule has 1 aliphatic heterocycles. The number of nitrogens with zero attached hydrogens (tertiary/aromatic N) is 2. The van der Waals surface area contributed by atoms with Gasteiger partial charge in [-0.2, -0.15) is 4.31 Å².